The molecule has 1 heterocycles. The Bertz CT molecular complexity index is 516. The first-order chi connectivity index (χ1) is 8.69. The Balaban J connectivity index is 2.21. The molecule has 1 N–H and O–H groups in total. The lowest BCUT2D eigenvalue weighted by Crippen LogP contribution is -2.04. The van der Waals surface area contributed by atoms with Crippen molar-refractivity contribution in [1.82, 2.24) is 10.3 Å². The van der Waals surface area contributed by atoms with Crippen LogP contribution in [0.25, 0.3) is 11.3 Å². The summed E-state index contributed by atoms with van der Waals surface area (Å²) in [6.45, 7) is -2.12. The monoisotopic (exact) mass is 270 g/mol. The van der Waals surface area contributed by atoms with E-state index in [9.17, 15) is 8.78 Å². The highest BCUT2D eigenvalue weighted by Gasteiger charge is 2.08. The van der Waals surface area contributed by atoms with Gasteiger partial charge in [0.15, 0.2) is 0 Å². The Labute approximate surface area is 107 Å². The van der Waals surface area contributed by atoms with Gasteiger partial charge < -0.3 is 10.1 Å². The molecule has 1 aromatic carbocycles. The first-order valence-electron chi connectivity index (χ1n) is 5.33. The predicted molar refractivity (Wildman–Crippen MR) is 66.9 cm³/mol. The van der Waals surface area contributed by atoms with Crippen molar-refractivity contribution in [3.8, 4) is 17.0 Å². The molecule has 0 spiro atoms. The summed E-state index contributed by atoms with van der Waals surface area (Å²) in [4.78, 5) is 4.40. The van der Waals surface area contributed by atoms with Gasteiger partial charge in [-0.1, -0.05) is 12.1 Å². The molecule has 0 aliphatic rings. The third-order valence-electron chi connectivity index (χ3n) is 2.23. The molecule has 0 aliphatic carbocycles. The van der Waals surface area contributed by atoms with Crippen LogP contribution in [0.5, 0.6) is 5.75 Å². The van der Waals surface area contributed by atoms with E-state index >= 15 is 0 Å². The minimum atomic E-state index is -2.81. The number of thiazole rings is 1. The number of alkyl halides is 2. The molecule has 0 atom stereocenters. The summed E-state index contributed by atoms with van der Waals surface area (Å²) in [6, 6.07) is 6.54. The van der Waals surface area contributed by atoms with Crippen molar-refractivity contribution in [3.63, 3.8) is 0 Å². The molecule has 0 amide bonds. The number of hydrogen-bond donors (Lipinski definition) is 1. The molecule has 2 aromatic rings. The standard InChI is InChI=1S/C12H12F2N2OS/c1-15-6-11-16-10(7-18-11)8-3-2-4-9(5-8)17-12(13)14/h2-5,7,12,15H,6H2,1H3. The highest BCUT2D eigenvalue weighted by Crippen LogP contribution is 2.26. The van der Waals surface area contributed by atoms with Gasteiger partial charge in [-0.3, -0.25) is 0 Å². The van der Waals surface area contributed by atoms with Crippen molar-refractivity contribution in [2.75, 3.05) is 7.05 Å². The second-order valence-corrected chi connectivity index (χ2v) is 4.51. The highest BCUT2D eigenvalue weighted by molar-refractivity contribution is 7.09. The van der Waals surface area contributed by atoms with Gasteiger partial charge in [-0.05, 0) is 19.2 Å². The number of benzene rings is 1. The summed E-state index contributed by atoms with van der Waals surface area (Å²) in [6.07, 6.45) is 0. The van der Waals surface area contributed by atoms with Crippen molar-refractivity contribution in [1.29, 1.82) is 0 Å². The van der Waals surface area contributed by atoms with E-state index in [2.05, 4.69) is 15.0 Å². The number of aromatic nitrogens is 1. The molecule has 0 bridgehead atoms. The van der Waals surface area contributed by atoms with Crippen molar-refractivity contribution < 1.29 is 13.5 Å². The van der Waals surface area contributed by atoms with Crippen LogP contribution in [0.4, 0.5) is 8.78 Å². The van der Waals surface area contributed by atoms with Crippen LogP contribution in [0.15, 0.2) is 29.6 Å². The smallest absolute Gasteiger partial charge is 0.387 e. The Morgan fingerprint density at radius 1 is 1.44 bits per heavy atom. The maximum absolute atomic E-state index is 12.1. The predicted octanol–water partition coefficient (Wildman–Crippen LogP) is 3.13. The summed E-state index contributed by atoms with van der Waals surface area (Å²) >= 11 is 1.53. The van der Waals surface area contributed by atoms with Crippen LogP contribution in [0.2, 0.25) is 0 Å². The van der Waals surface area contributed by atoms with E-state index in [0.717, 1.165) is 16.3 Å². The maximum Gasteiger partial charge on any atom is 0.387 e. The topological polar surface area (TPSA) is 34.2 Å². The van der Waals surface area contributed by atoms with Gasteiger partial charge in [0.25, 0.3) is 0 Å². The van der Waals surface area contributed by atoms with Gasteiger partial charge in [0.1, 0.15) is 10.8 Å². The minimum absolute atomic E-state index is 0.144. The first kappa shape index (κ1) is 12.9. The van der Waals surface area contributed by atoms with Crippen LogP contribution in [0.1, 0.15) is 5.01 Å². The number of rotatable bonds is 5. The number of nitrogens with one attached hydrogen (secondary N) is 1. The highest BCUT2D eigenvalue weighted by atomic mass is 32.1. The number of nitrogens with zero attached hydrogens (tertiary/aromatic N) is 1. The molecule has 0 saturated heterocycles. The van der Waals surface area contributed by atoms with Gasteiger partial charge in [0, 0.05) is 17.5 Å². The van der Waals surface area contributed by atoms with Gasteiger partial charge in [0.05, 0.1) is 5.69 Å². The quantitative estimate of drug-likeness (QED) is 0.906. The zero-order valence-electron chi connectivity index (χ0n) is 9.69. The first-order valence-corrected chi connectivity index (χ1v) is 6.21. The molecule has 1 aromatic heterocycles. The van der Waals surface area contributed by atoms with E-state index in [1.54, 1.807) is 12.1 Å². The van der Waals surface area contributed by atoms with Crippen LogP contribution < -0.4 is 10.1 Å². The molecule has 0 unspecified atom stereocenters. The van der Waals surface area contributed by atoms with E-state index in [0.29, 0.717) is 6.54 Å². The summed E-state index contributed by atoms with van der Waals surface area (Å²) in [5.41, 5.74) is 1.54. The lowest BCUT2D eigenvalue weighted by atomic mass is 10.2. The van der Waals surface area contributed by atoms with Crippen LogP contribution in [0.3, 0.4) is 0 Å². The van der Waals surface area contributed by atoms with Crippen molar-refractivity contribution in [2.45, 2.75) is 13.2 Å². The summed E-state index contributed by atoms with van der Waals surface area (Å²) in [5.74, 6) is 0.144. The molecule has 0 saturated carbocycles. The third-order valence-corrected chi connectivity index (χ3v) is 3.08. The van der Waals surface area contributed by atoms with E-state index in [1.807, 2.05) is 18.5 Å². The Kier molecular flexibility index (Phi) is 4.22. The second kappa shape index (κ2) is 5.88. The Morgan fingerprint density at radius 3 is 3.00 bits per heavy atom. The number of ether oxygens (including phenoxy) is 1. The summed E-state index contributed by atoms with van der Waals surface area (Å²) < 4.78 is 28.6. The minimum Gasteiger partial charge on any atom is -0.435 e. The van der Waals surface area contributed by atoms with Gasteiger partial charge in [-0.15, -0.1) is 11.3 Å². The number of halogens is 2. The fourth-order valence-corrected chi connectivity index (χ4v) is 2.32. The van der Waals surface area contributed by atoms with Gasteiger partial charge >= 0.3 is 6.61 Å². The van der Waals surface area contributed by atoms with Crippen LogP contribution in [-0.4, -0.2) is 18.6 Å². The molecule has 96 valence electrons. The SMILES string of the molecule is CNCc1nc(-c2cccc(OC(F)F)c2)cs1. The summed E-state index contributed by atoms with van der Waals surface area (Å²) in [5, 5.41) is 5.86. The molecule has 2 rings (SSSR count). The van der Waals surface area contributed by atoms with E-state index < -0.39 is 6.61 Å². The molecular weight excluding hydrogens is 258 g/mol. The average molecular weight is 270 g/mol. The van der Waals surface area contributed by atoms with E-state index in [1.165, 1.54) is 17.4 Å². The second-order valence-electron chi connectivity index (χ2n) is 3.56. The Morgan fingerprint density at radius 2 is 2.28 bits per heavy atom. The molecule has 0 fully saturated rings. The fraction of sp³-hybridized carbons (Fsp3) is 0.250. The lowest BCUT2D eigenvalue weighted by Gasteiger charge is -2.05. The largest absolute Gasteiger partial charge is 0.435 e. The van der Waals surface area contributed by atoms with Crippen molar-refractivity contribution in [3.05, 3.63) is 34.7 Å². The van der Waals surface area contributed by atoms with Gasteiger partial charge in [-0.25, -0.2) is 4.98 Å². The zero-order chi connectivity index (χ0) is 13.0. The zero-order valence-corrected chi connectivity index (χ0v) is 10.5. The van der Waals surface area contributed by atoms with Crippen molar-refractivity contribution in [2.24, 2.45) is 0 Å². The van der Waals surface area contributed by atoms with Gasteiger partial charge in [0.2, 0.25) is 0 Å². The van der Waals surface area contributed by atoms with Crippen molar-refractivity contribution >= 4 is 11.3 Å². The Hall–Kier alpha value is -1.53. The molecule has 3 nitrogen and oxygen atoms in total. The number of hydrogen-bond acceptors (Lipinski definition) is 4. The molecule has 18 heavy (non-hydrogen) atoms. The van der Waals surface area contributed by atoms with E-state index in [-0.39, 0.29) is 5.75 Å². The van der Waals surface area contributed by atoms with E-state index in [4.69, 9.17) is 0 Å². The molecule has 0 aliphatic heterocycles. The third kappa shape index (κ3) is 3.24. The van der Waals surface area contributed by atoms with Crippen LogP contribution in [-0.2, 0) is 6.54 Å². The molecular formula is C12H12F2N2OS. The van der Waals surface area contributed by atoms with Gasteiger partial charge in [-0.2, -0.15) is 8.78 Å². The van der Waals surface area contributed by atoms with Crippen LogP contribution >= 0.6 is 11.3 Å². The maximum atomic E-state index is 12.1. The normalized spacial score (nSPS) is 10.9. The summed E-state index contributed by atoms with van der Waals surface area (Å²) in [7, 11) is 1.85. The molecule has 0 radical (unpaired) electrons. The average Bonchev–Trinajstić information content (AvgIpc) is 2.78. The molecule has 6 heteroatoms. The lowest BCUT2D eigenvalue weighted by molar-refractivity contribution is -0.0498. The fourth-order valence-electron chi connectivity index (χ4n) is 1.51. The van der Waals surface area contributed by atoms with Crippen LogP contribution in [0, 0.1) is 0 Å².